The minimum atomic E-state index is -4.52. The van der Waals surface area contributed by atoms with Gasteiger partial charge in [-0.05, 0) is 30.7 Å². The van der Waals surface area contributed by atoms with Crippen molar-refractivity contribution in [1.29, 1.82) is 0 Å². The summed E-state index contributed by atoms with van der Waals surface area (Å²) in [7, 11) is 0. The molecule has 1 heterocycles. The van der Waals surface area contributed by atoms with E-state index in [0.717, 1.165) is 44.0 Å². The smallest absolute Gasteiger partial charge is 0.384 e. The quantitative estimate of drug-likeness (QED) is 0.609. The van der Waals surface area contributed by atoms with E-state index in [2.05, 4.69) is 22.5 Å². The second-order valence-corrected chi connectivity index (χ2v) is 6.15. The number of benzene rings is 1. The largest absolute Gasteiger partial charge is 0.416 e. The second-order valence-electron chi connectivity index (χ2n) is 5.74. The minimum Gasteiger partial charge on any atom is -0.384 e. The zero-order chi connectivity index (χ0) is 19.2. The topological polar surface area (TPSA) is 54.0 Å². The first-order valence-corrected chi connectivity index (χ1v) is 8.56. The van der Waals surface area contributed by atoms with Crippen LogP contribution in [0.25, 0.3) is 0 Å². The molecule has 1 aromatic carbocycles. The summed E-state index contributed by atoms with van der Waals surface area (Å²) < 4.78 is 38.4. The monoisotopic (exact) mass is 385 g/mol. The van der Waals surface area contributed by atoms with Gasteiger partial charge in [-0.1, -0.05) is 31.4 Å². The fraction of sp³-hybridized carbons (Fsp3) is 0.333. The van der Waals surface area contributed by atoms with Crippen molar-refractivity contribution in [2.45, 2.75) is 32.4 Å². The first kappa shape index (κ1) is 20.0. The molecule has 4 nitrogen and oxygen atoms in total. The summed E-state index contributed by atoms with van der Waals surface area (Å²) in [6.45, 7) is 2.85. The number of halogens is 4. The van der Waals surface area contributed by atoms with Crippen LogP contribution in [-0.4, -0.2) is 17.4 Å². The molecule has 0 fully saturated rings. The highest BCUT2D eigenvalue weighted by atomic mass is 35.5. The molecule has 0 aliphatic heterocycles. The number of amides is 1. The van der Waals surface area contributed by atoms with E-state index in [9.17, 15) is 18.0 Å². The highest BCUT2D eigenvalue weighted by molar-refractivity contribution is 6.34. The maximum absolute atomic E-state index is 12.8. The Kier molecular flexibility index (Phi) is 6.85. The summed E-state index contributed by atoms with van der Waals surface area (Å²) in [4.78, 5) is 16.3. The number of rotatable bonds is 7. The van der Waals surface area contributed by atoms with Crippen LogP contribution < -0.4 is 10.6 Å². The van der Waals surface area contributed by atoms with E-state index in [0.29, 0.717) is 5.69 Å². The Hall–Kier alpha value is -2.28. The summed E-state index contributed by atoms with van der Waals surface area (Å²) in [5, 5.41) is 5.59. The number of hydrogen-bond acceptors (Lipinski definition) is 3. The number of pyridine rings is 1. The molecule has 140 valence electrons. The third-order valence-corrected chi connectivity index (χ3v) is 3.98. The fourth-order valence-corrected chi connectivity index (χ4v) is 2.43. The van der Waals surface area contributed by atoms with Crippen LogP contribution in [0.1, 0.15) is 42.1 Å². The molecule has 0 saturated heterocycles. The molecule has 1 aromatic heterocycles. The van der Waals surface area contributed by atoms with Gasteiger partial charge in [0.25, 0.3) is 5.91 Å². The molecule has 0 atom stereocenters. The Bertz CT molecular complexity index is 766. The molecule has 0 saturated carbocycles. The van der Waals surface area contributed by atoms with E-state index >= 15 is 0 Å². The van der Waals surface area contributed by atoms with E-state index in [1.54, 1.807) is 12.3 Å². The molecule has 0 spiro atoms. The number of unbranched alkanes of at least 4 members (excludes halogenated alkanes) is 2. The third kappa shape index (κ3) is 5.62. The molecule has 8 heteroatoms. The number of carbonyl (C=O) groups excluding carboxylic acids is 1. The number of alkyl halides is 3. The van der Waals surface area contributed by atoms with E-state index in [-0.39, 0.29) is 16.3 Å². The van der Waals surface area contributed by atoms with Crippen LogP contribution in [0, 0.1) is 0 Å². The highest BCUT2D eigenvalue weighted by Gasteiger charge is 2.31. The van der Waals surface area contributed by atoms with Gasteiger partial charge in [-0.25, -0.2) is 0 Å². The van der Waals surface area contributed by atoms with E-state index in [1.165, 1.54) is 6.20 Å². The van der Waals surface area contributed by atoms with Crippen LogP contribution in [0.2, 0.25) is 5.02 Å². The molecule has 0 unspecified atom stereocenters. The predicted molar refractivity (Wildman–Crippen MR) is 96.7 cm³/mol. The average molecular weight is 386 g/mol. The SMILES string of the molecule is CCCCCNc1cncc(C(=O)Nc2cc(C(F)(F)F)ccc2Cl)c1. The van der Waals surface area contributed by atoms with Gasteiger partial charge < -0.3 is 10.6 Å². The first-order chi connectivity index (χ1) is 12.3. The Labute approximate surface area is 154 Å². The Balaban J connectivity index is 2.10. The Morgan fingerprint density at radius 2 is 1.96 bits per heavy atom. The van der Waals surface area contributed by atoms with Crippen LogP contribution in [0.15, 0.2) is 36.7 Å². The van der Waals surface area contributed by atoms with Gasteiger partial charge >= 0.3 is 6.18 Å². The highest BCUT2D eigenvalue weighted by Crippen LogP contribution is 2.34. The molecule has 1 amide bonds. The van der Waals surface area contributed by atoms with Crippen molar-refractivity contribution < 1.29 is 18.0 Å². The first-order valence-electron chi connectivity index (χ1n) is 8.18. The Morgan fingerprint density at radius 1 is 1.19 bits per heavy atom. The summed E-state index contributed by atoms with van der Waals surface area (Å²) in [6, 6.07) is 4.36. The van der Waals surface area contributed by atoms with Crippen molar-refractivity contribution in [3.63, 3.8) is 0 Å². The van der Waals surface area contributed by atoms with Crippen molar-refractivity contribution >= 4 is 28.9 Å². The van der Waals surface area contributed by atoms with Crippen molar-refractivity contribution in [2.24, 2.45) is 0 Å². The van der Waals surface area contributed by atoms with Crippen LogP contribution in [0.3, 0.4) is 0 Å². The average Bonchev–Trinajstić information content (AvgIpc) is 2.60. The molecule has 2 N–H and O–H groups in total. The molecule has 26 heavy (non-hydrogen) atoms. The van der Waals surface area contributed by atoms with Gasteiger partial charge in [0.2, 0.25) is 0 Å². The second kappa shape index (κ2) is 8.89. The Morgan fingerprint density at radius 3 is 2.65 bits per heavy atom. The molecule has 0 bridgehead atoms. The zero-order valence-corrected chi connectivity index (χ0v) is 14.9. The van der Waals surface area contributed by atoms with Crippen molar-refractivity contribution in [2.75, 3.05) is 17.2 Å². The van der Waals surface area contributed by atoms with Crippen molar-refractivity contribution in [1.82, 2.24) is 4.98 Å². The van der Waals surface area contributed by atoms with Crippen LogP contribution >= 0.6 is 11.6 Å². The zero-order valence-electron chi connectivity index (χ0n) is 14.2. The van der Waals surface area contributed by atoms with E-state index in [4.69, 9.17) is 11.6 Å². The lowest BCUT2D eigenvalue weighted by Crippen LogP contribution is -2.14. The maximum atomic E-state index is 12.8. The van der Waals surface area contributed by atoms with Gasteiger partial charge in [-0.3, -0.25) is 9.78 Å². The lowest BCUT2D eigenvalue weighted by molar-refractivity contribution is -0.137. The molecular formula is C18H19ClF3N3O. The van der Waals surface area contributed by atoms with Gasteiger partial charge in [-0.15, -0.1) is 0 Å². The van der Waals surface area contributed by atoms with Crippen LogP contribution in [0.4, 0.5) is 24.5 Å². The molecule has 0 radical (unpaired) electrons. The number of anilines is 2. The summed E-state index contributed by atoms with van der Waals surface area (Å²) >= 11 is 5.90. The number of hydrogen-bond donors (Lipinski definition) is 2. The number of aromatic nitrogens is 1. The minimum absolute atomic E-state index is 0.0214. The fourth-order valence-electron chi connectivity index (χ4n) is 2.26. The van der Waals surface area contributed by atoms with Gasteiger partial charge in [-0.2, -0.15) is 13.2 Å². The van der Waals surface area contributed by atoms with Gasteiger partial charge in [0, 0.05) is 18.9 Å². The predicted octanol–water partition coefficient (Wildman–Crippen LogP) is 5.61. The van der Waals surface area contributed by atoms with Crippen LogP contribution in [0.5, 0.6) is 0 Å². The summed E-state index contributed by atoms with van der Waals surface area (Å²) in [5.74, 6) is -0.587. The van der Waals surface area contributed by atoms with Gasteiger partial charge in [0.05, 0.1) is 27.5 Å². The van der Waals surface area contributed by atoms with Gasteiger partial charge in [0.1, 0.15) is 0 Å². The van der Waals surface area contributed by atoms with Gasteiger partial charge in [0.15, 0.2) is 0 Å². The third-order valence-electron chi connectivity index (χ3n) is 3.65. The summed E-state index contributed by atoms with van der Waals surface area (Å²) in [6.07, 6.45) is 1.59. The molecule has 2 aromatic rings. The normalized spacial score (nSPS) is 11.3. The van der Waals surface area contributed by atoms with E-state index in [1.807, 2.05) is 0 Å². The maximum Gasteiger partial charge on any atom is 0.416 e. The number of nitrogens with one attached hydrogen (secondary N) is 2. The number of nitrogens with zero attached hydrogens (tertiary/aromatic N) is 1. The lowest BCUT2D eigenvalue weighted by Gasteiger charge is -2.12. The van der Waals surface area contributed by atoms with E-state index < -0.39 is 17.6 Å². The molecule has 0 aliphatic carbocycles. The van der Waals surface area contributed by atoms with Crippen LogP contribution in [-0.2, 0) is 6.18 Å². The molecule has 0 aliphatic rings. The summed E-state index contributed by atoms with van der Waals surface area (Å²) in [5.41, 5.74) is -0.0997. The standard InChI is InChI=1S/C18H19ClF3N3O/c1-2-3-4-7-24-14-8-12(10-23-11-14)17(26)25-16-9-13(18(20,21)22)5-6-15(16)19/h5-6,8-11,24H,2-4,7H2,1H3,(H,25,26). The lowest BCUT2D eigenvalue weighted by atomic mass is 10.1. The van der Waals surface area contributed by atoms with Crippen molar-refractivity contribution in [3.05, 3.63) is 52.8 Å². The molecule has 2 rings (SSSR count). The van der Waals surface area contributed by atoms with Crippen molar-refractivity contribution in [3.8, 4) is 0 Å². The number of carbonyl (C=O) groups is 1. The molecular weight excluding hydrogens is 367 g/mol.